The summed E-state index contributed by atoms with van der Waals surface area (Å²) in [5.74, 6) is -2.99. The second kappa shape index (κ2) is 8.60. The summed E-state index contributed by atoms with van der Waals surface area (Å²) in [6.07, 6.45) is 1.65. The lowest BCUT2D eigenvalue weighted by Crippen LogP contribution is -2.40. The Kier molecular flexibility index (Phi) is 7.13. The molecule has 0 spiro atoms. The van der Waals surface area contributed by atoms with Crippen molar-refractivity contribution in [3.8, 4) is 0 Å². The van der Waals surface area contributed by atoms with E-state index in [2.05, 4.69) is 19.2 Å². The first-order valence-electron chi connectivity index (χ1n) is 7.66. The molecule has 0 aromatic heterocycles. The fourth-order valence-electron chi connectivity index (χ4n) is 1.98. The van der Waals surface area contributed by atoms with Gasteiger partial charge in [-0.1, -0.05) is 19.9 Å². The van der Waals surface area contributed by atoms with E-state index in [4.69, 9.17) is 4.74 Å². The lowest BCUT2D eigenvalue weighted by atomic mass is 10.1. The molecule has 0 heterocycles. The molecule has 6 heteroatoms. The first-order chi connectivity index (χ1) is 10.7. The van der Waals surface area contributed by atoms with Crippen LogP contribution in [0, 0.1) is 24.5 Å². The molecular formula is C17H23F2NO3. The van der Waals surface area contributed by atoms with Crippen LogP contribution in [0.2, 0.25) is 0 Å². The van der Waals surface area contributed by atoms with Gasteiger partial charge in [0.2, 0.25) is 0 Å². The molecule has 0 aliphatic heterocycles. The Morgan fingerprint density at radius 2 is 1.87 bits per heavy atom. The second-order valence-corrected chi connectivity index (χ2v) is 5.95. The number of nitrogens with one attached hydrogen (secondary N) is 1. The number of rotatable bonds is 7. The monoisotopic (exact) mass is 327 g/mol. The molecule has 23 heavy (non-hydrogen) atoms. The van der Waals surface area contributed by atoms with E-state index in [0.717, 1.165) is 18.9 Å². The predicted octanol–water partition coefficient (Wildman–Crippen LogP) is 3.37. The molecule has 0 fully saturated rings. The normalized spacial score (nSPS) is 12.1. The molecule has 1 unspecified atom stereocenters. The Labute approximate surface area is 135 Å². The van der Waals surface area contributed by atoms with Crippen molar-refractivity contribution >= 4 is 11.9 Å². The molecule has 0 bridgehead atoms. The van der Waals surface area contributed by atoms with Gasteiger partial charge in [-0.25, -0.2) is 13.6 Å². The maximum absolute atomic E-state index is 13.9. The van der Waals surface area contributed by atoms with Gasteiger partial charge >= 0.3 is 5.97 Å². The predicted molar refractivity (Wildman–Crippen MR) is 83.1 cm³/mol. The fourth-order valence-corrected chi connectivity index (χ4v) is 1.98. The van der Waals surface area contributed by atoms with E-state index in [1.54, 1.807) is 0 Å². The van der Waals surface area contributed by atoms with E-state index < -0.39 is 35.1 Å². The Hall–Kier alpha value is -1.98. The van der Waals surface area contributed by atoms with Crippen LogP contribution in [0.4, 0.5) is 8.78 Å². The van der Waals surface area contributed by atoms with Gasteiger partial charge in [0.05, 0.1) is 6.61 Å². The molecule has 0 saturated carbocycles. The molecule has 0 saturated heterocycles. The molecule has 0 aliphatic carbocycles. The summed E-state index contributed by atoms with van der Waals surface area (Å²) in [6, 6.07) is 1.27. The second-order valence-electron chi connectivity index (χ2n) is 5.95. The van der Waals surface area contributed by atoms with Gasteiger partial charge in [-0.3, -0.25) is 4.79 Å². The molecule has 0 radical (unpaired) electrons. The minimum absolute atomic E-state index is 0.153. The Balaban J connectivity index is 2.60. The first kappa shape index (κ1) is 19.1. The van der Waals surface area contributed by atoms with E-state index >= 15 is 0 Å². The molecule has 1 rings (SSSR count). The zero-order chi connectivity index (χ0) is 17.6. The topological polar surface area (TPSA) is 55.4 Å². The van der Waals surface area contributed by atoms with Crippen molar-refractivity contribution in [2.45, 2.75) is 46.6 Å². The SMILES string of the molecule is Cc1ccc(F)c(C(=O)NC(C)C(=O)OCCCC(C)C)c1F. The number of halogens is 2. The van der Waals surface area contributed by atoms with E-state index in [1.165, 1.54) is 19.9 Å². The number of hydrogen-bond donors (Lipinski definition) is 1. The van der Waals surface area contributed by atoms with Gasteiger partial charge < -0.3 is 10.1 Å². The third-order valence-electron chi connectivity index (χ3n) is 3.38. The van der Waals surface area contributed by atoms with Crippen molar-refractivity contribution in [3.05, 3.63) is 34.9 Å². The van der Waals surface area contributed by atoms with Crippen LogP contribution in [0.3, 0.4) is 0 Å². The van der Waals surface area contributed by atoms with Crippen LogP contribution in [0.25, 0.3) is 0 Å². The van der Waals surface area contributed by atoms with Crippen LogP contribution < -0.4 is 5.32 Å². The molecule has 1 N–H and O–H groups in total. The van der Waals surface area contributed by atoms with E-state index in [0.29, 0.717) is 5.92 Å². The average molecular weight is 327 g/mol. The summed E-state index contributed by atoms with van der Waals surface area (Å²) in [5, 5.41) is 2.26. The van der Waals surface area contributed by atoms with Crippen molar-refractivity contribution in [1.29, 1.82) is 0 Å². The summed E-state index contributed by atoms with van der Waals surface area (Å²) < 4.78 is 32.5. The van der Waals surface area contributed by atoms with Crippen LogP contribution in [-0.2, 0) is 9.53 Å². The van der Waals surface area contributed by atoms with E-state index in [1.807, 2.05) is 0 Å². The largest absolute Gasteiger partial charge is 0.464 e. The number of aryl methyl sites for hydroxylation is 1. The lowest BCUT2D eigenvalue weighted by molar-refractivity contribution is -0.145. The van der Waals surface area contributed by atoms with Crippen LogP contribution in [0.15, 0.2) is 12.1 Å². The van der Waals surface area contributed by atoms with Crippen molar-refractivity contribution < 1.29 is 23.1 Å². The number of esters is 1. The molecular weight excluding hydrogens is 304 g/mol. The number of carbonyl (C=O) groups is 2. The van der Waals surface area contributed by atoms with Gasteiger partial charge in [0.15, 0.2) is 0 Å². The lowest BCUT2D eigenvalue weighted by Gasteiger charge is -2.15. The van der Waals surface area contributed by atoms with Crippen LogP contribution >= 0.6 is 0 Å². The zero-order valence-corrected chi connectivity index (χ0v) is 13.9. The quantitative estimate of drug-likeness (QED) is 0.617. The zero-order valence-electron chi connectivity index (χ0n) is 13.9. The summed E-state index contributed by atoms with van der Waals surface area (Å²) in [5.41, 5.74) is -0.537. The number of hydrogen-bond acceptors (Lipinski definition) is 3. The maximum Gasteiger partial charge on any atom is 0.328 e. The highest BCUT2D eigenvalue weighted by Gasteiger charge is 2.23. The number of amides is 1. The van der Waals surface area contributed by atoms with Crippen molar-refractivity contribution in [3.63, 3.8) is 0 Å². The first-order valence-corrected chi connectivity index (χ1v) is 7.66. The summed E-state index contributed by atoms with van der Waals surface area (Å²) in [6.45, 7) is 7.22. The fraction of sp³-hybridized carbons (Fsp3) is 0.529. The number of benzene rings is 1. The van der Waals surface area contributed by atoms with E-state index in [-0.39, 0.29) is 12.2 Å². The number of carbonyl (C=O) groups excluding carboxylic acids is 2. The Morgan fingerprint density at radius 1 is 1.22 bits per heavy atom. The third-order valence-corrected chi connectivity index (χ3v) is 3.38. The minimum Gasteiger partial charge on any atom is -0.464 e. The van der Waals surface area contributed by atoms with Crippen molar-refractivity contribution in [2.75, 3.05) is 6.61 Å². The smallest absolute Gasteiger partial charge is 0.328 e. The third kappa shape index (κ3) is 5.62. The average Bonchev–Trinajstić information content (AvgIpc) is 2.47. The van der Waals surface area contributed by atoms with Crippen LogP contribution in [-0.4, -0.2) is 24.5 Å². The standard InChI is InChI=1S/C17H23F2NO3/c1-10(2)6-5-9-23-17(22)12(4)20-16(21)14-13(18)8-7-11(3)15(14)19/h7-8,10,12H,5-6,9H2,1-4H3,(H,20,21). The highest BCUT2D eigenvalue weighted by molar-refractivity contribution is 5.97. The molecule has 1 atom stereocenters. The summed E-state index contributed by atoms with van der Waals surface area (Å²) in [4.78, 5) is 23.7. The molecule has 1 aromatic rings. The Morgan fingerprint density at radius 3 is 2.48 bits per heavy atom. The molecule has 1 amide bonds. The van der Waals surface area contributed by atoms with Gasteiger partial charge in [0.1, 0.15) is 23.2 Å². The van der Waals surface area contributed by atoms with Crippen LogP contribution in [0.5, 0.6) is 0 Å². The molecule has 4 nitrogen and oxygen atoms in total. The minimum atomic E-state index is -0.985. The molecule has 1 aromatic carbocycles. The highest BCUT2D eigenvalue weighted by atomic mass is 19.1. The van der Waals surface area contributed by atoms with Gasteiger partial charge in [-0.05, 0) is 44.2 Å². The van der Waals surface area contributed by atoms with Gasteiger partial charge in [-0.2, -0.15) is 0 Å². The van der Waals surface area contributed by atoms with Crippen molar-refractivity contribution in [1.82, 2.24) is 5.32 Å². The highest BCUT2D eigenvalue weighted by Crippen LogP contribution is 2.16. The van der Waals surface area contributed by atoms with Crippen LogP contribution in [0.1, 0.15) is 49.5 Å². The maximum atomic E-state index is 13.9. The van der Waals surface area contributed by atoms with Gasteiger partial charge in [0.25, 0.3) is 5.91 Å². The number of ether oxygens (including phenoxy) is 1. The molecule has 128 valence electrons. The van der Waals surface area contributed by atoms with Crippen molar-refractivity contribution in [2.24, 2.45) is 5.92 Å². The Bertz CT molecular complexity index is 573. The summed E-state index contributed by atoms with van der Waals surface area (Å²) >= 11 is 0. The molecule has 0 aliphatic rings. The van der Waals surface area contributed by atoms with E-state index in [9.17, 15) is 18.4 Å². The summed E-state index contributed by atoms with van der Waals surface area (Å²) in [7, 11) is 0. The van der Waals surface area contributed by atoms with Gasteiger partial charge in [-0.15, -0.1) is 0 Å². The van der Waals surface area contributed by atoms with Gasteiger partial charge in [0, 0.05) is 0 Å².